The van der Waals surface area contributed by atoms with E-state index in [2.05, 4.69) is 9.71 Å². The Kier molecular flexibility index (Phi) is 4.72. The Bertz CT molecular complexity index is 759. The molecule has 0 saturated heterocycles. The maximum atomic E-state index is 13.1. The van der Waals surface area contributed by atoms with Gasteiger partial charge in [0, 0.05) is 32.9 Å². The number of pyridine rings is 1. The largest absolute Gasteiger partial charge is 0.363 e. The zero-order valence-corrected chi connectivity index (χ0v) is 12.9. The van der Waals surface area contributed by atoms with E-state index in [0.717, 1.165) is 12.1 Å². The van der Waals surface area contributed by atoms with Crippen LogP contribution in [0.2, 0.25) is 0 Å². The molecule has 0 unspecified atom stereocenters. The van der Waals surface area contributed by atoms with Crippen LogP contribution in [0.25, 0.3) is 0 Å². The predicted octanol–water partition coefficient (Wildman–Crippen LogP) is 1.90. The summed E-state index contributed by atoms with van der Waals surface area (Å²) in [6, 6.07) is 5.52. The molecule has 0 bridgehead atoms. The first kappa shape index (κ1) is 16.3. The van der Waals surface area contributed by atoms with Crippen molar-refractivity contribution in [3.05, 3.63) is 53.7 Å². The van der Waals surface area contributed by atoms with E-state index in [1.54, 1.807) is 23.2 Å². The minimum Gasteiger partial charge on any atom is -0.363 e. The van der Waals surface area contributed by atoms with Gasteiger partial charge in [-0.1, -0.05) is 0 Å². The predicted molar refractivity (Wildman–Crippen MR) is 78.9 cm³/mol. The van der Waals surface area contributed by atoms with Crippen molar-refractivity contribution in [3.63, 3.8) is 0 Å². The molecule has 118 valence electrons. The molecule has 0 fully saturated rings. The highest BCUT2D eigenvalue weighted by molar-refractivity contribution is 7.89. The highest BCUT2D eigenvalue weighted by Crippen LogP contribution is 2.15. The lowest BCUT2D eigenvalue weighted by Gasteiger charge is -2.12. The number of nitrogens with one attached hydrogen (secondary N) is 1. The SMILES string of the molecule is CN(C)c1cc(CNS(=O)(=O)c2cc(F)cc(F)c2)ccn1. The molecule has 2 aromatic rings. The lowest BCUT2D eigenvalue weighted by Crippen LogP contribution is -2.23. The fourth-order valence-corrected chi connectivity index (χ4v) is 2.82. The standard InChI is InChI=1S/C14H15F2N3O2S/c1-19(2)14-5-10(3-4-17-14)9-18-22(20,21)13-7-11(15)6-12(16)8-13/h3-8,18H,9H2,1-2H3. The monoisotopic (exact) mass is 327 g/mol. The van der Waals surface area contributed by atoms with Crippen LogP contribution in [0.3, 0.4) is 0 Å². The van der Waals surface area contributed by atoms with E-state index >= 15 is 0 Å². The third-order valence-corrected chi connectivity index (χ3v) is 4.26. The Balaban J connectivity index is 2.17. The van der Waals surface area contributed by atoms with E-state index in [1.807, 2.05) is 14.1 Å². The molecule has 0 aliphatic rings. The van der Waals surface area contributed by atoms with Crippen molar-refractivity contribution in [2.24, 2.45) is 0 Å². The Hall–Kier alpha value is -2.06. The molecular weight excluding hydrogens is 312 g/mol. The quantitative estimate of drug-likeness (QED) is 0.911. The number of aromatic nitrogens is 1. The topological polar surface area (TPSA) is 62.3 Å². The second-order valence-electron chi connectivity index (χ2n) is 4.85. The smallest absolute Gasteiger partial charge is 0.241 e. The van der Waals surface area contributed by atoms with E-state index in [4.69, 9.17) is 0 Å². The van der Waals surface area contributed by atoms with Gasteiger partial charge < -0.3 is 4.90 Å². The van der Waals surface area contributed by atoms with Gasteiger partial charge >= 0.3 is 0 Å². The second-order valence-corrected chi connectivity index (χ2v) is 6.61. The van der Waals surface area contributed by atoms with Crippen molar-refractivity contribution >= 4 is 15.8 Å². The molecule has 0 spiro atoms. The van der Waals surface area contributed by atoms with Crippen LogP contribution in [-0.2, 0) is 16.6 Å². The molecule has 0 saturated carbocycles. The Morgan fingerprint density at radius 3 is 2.36 bits per heavy atom. The first-order chi connectivity index (χ1) is 10.3. The molecule has 0 aliphatic heterocycles. The number of halogens is 2. The average molecular weight is 327 g/mol. The Labute approximate surface area is 127 Å². The number of nitrogens with zero attached hydrogens (tertiary/aromatic N) is 2. The molecule has 1 aromatic carbocycles. The second kappa shape index (κ2) is 6.37. The molecule has 0 atom stereocenters. The van der Waals surface area contributed by atoms with Gasteiger partial charge in [0.2, 0.25) is 10.0 Å². The number of benzene rings is 1. The van der Waals surface area contributed by atoms with E-state index in [0.29, 0.717) is 17.4 Å². The summed E-state index contributed by atoms with van der Waals surface area (Å²) in [6.07, 6.45) is 1.56. The zero-order valence-electron chi connectivity index (χ0n) is 12.0. The average Bonchev–Trinajstić information content (AvgIpc) is 2.44. The van der Waals surface area contributed by atoms with Gasteiger partial charge in [-0.15, -0.1) is 0 Å². The number of rotatable bonds is 5. The minimum atomic E-state index is -4.00. The Morgan fingerprint density at radius 2 is 1.77 bits per heavy atom. The van der Waals surface area contributed by atoms with E-state index in [1.165, 1.54) is 0 Å². The van der Waals surface area contributed by atoms with Gasteiger partial charge in [0.1, 0.15) is 17.5 Å². The molecule has 1 N–H and O–H groups in total. The molecule has 2 rings (SSSR count). The first-order valence-electron chi connectivity index (χ1n) is 6.36. The Morgan fingerprint density at radius 1 is 1.14 bits per heavy atom. The van der Waals surface area contributed by atoms with Crippen molar-refractivity contribution in [2.45, 2.75) is 11.4 Å². The first-order valence-corrected chi connectivity index (χ1v) is 7.84. The van der Waals surface area contributed by atoms with Crippen LogP contribution in [0.15, 0.2) is 41.4 Å². The van der Waals surface area contributed by atoms with Gasteiger partial charge in [0.15, 0.2) is 0 Å². The normalized spacial score (nSPS) is 11.5. The van der Waals surface area contributed by atoms with Gasteiger partial charge in [-0.2, -0.15) is 0 Å². The maximum absolute atomic E-state index is 13.1. The van der Waals surface area contributed by atoms with Gasteiger partial charge in [-0.25, -0.2) is 26.9 Å². The van der Waals surface area contributed by atoms with Crippen LogP contribution < -0.4 is 9.62 Å². The summed E-state index contributed by atoms with van der Waals surface area (Å²) in [6.45, 7) is -0.0101. The van der Waals surface area contributed by atoms with Crippen LogP contribution >= 0.6 is 0 Å². The highest BCUT2D eigenvalue weighted by Gasteiger charge is 2.16. The van der Waals surface area contributed by atoms with Crippen molar-refractivity contribution in [1.82, 2.24) is 9.71 Å². The summed E-state index contributed by atoms with van der Waals surface area (Å²) in [7, 11) is -0.378. The fourth-order valence-electron chi connectivity index (χ4n) is 1.76. The van der Waals surface area contributed by atoms with E-state index in [-0.39, 0.29) is 6.54 Å². The lowest BCUT2D eigenvalue weighted by molar-refractivity contribution is 0.561. The molecule has 8 heteroatoms. The van der Waals surface area contributed by atoms with Gasteiger partial charge in [0.25, 0.3) is 0 Å². The minimum absolute atomic E-state index is 0.0101. The van der Waals surface area contributed by atoms with Crippen LogP contribution in [0.4, 0.5) is 14.6 Å². The van der Waals surface area contributed by atoms with Crippen LogP contribution in [0, 0.1) is 11.6 Å². The van der Waals surface area contributed by atoms with Crippen LogP contribution in [0.5, 0.6) is 0 Å². The molecule has 22 heavy (non-hydrogen) atoms. The molecule has 0 amide bonds. The van der Waals surface area contributed by atoms with E-state index < -0.39 is 26.6 Å². The molecular formula is C14H15F2N3O2S. The molecule has 1 heterocycles. The zero-order chi connectivity index (χ0) is 16.3. The van der Waals surface area contributed by atoms with Gasteiger partial charge in [-0.3, -0.25) is 0 Å². The summed E-state index contributed by atoms with van der Waals surface area (Å²) < 4.78 is 52.7. The summed E-state index contributed by atoms with van der Waals surface area (Å²) in [5.74, 6) is -1.22. The third-order valence-electron chi connectivity index (χ3n) is 2.88. The molecule has 0 aliphatic carbocycles. The van der Waals surface area contributed by atoms with Crippen LogP contribution in [0.1, 0.15) is 5.56 Å². The van der Waals surface area contributed by atoms with Crippen molar-refractivity contribution in [2.75, 3.05) is 19.0 Å². The number of hydrogen-bond donors (Lipinski definition) is 1. The van der Waals surface area contributed by atoms with Crippen molar-refractivity contribution in [1.29, 1.82) is 0 Å². The number of hydrogen-bond acceptors (Lipinski definition) is 4. The van der Waals surface area contributed by atoms with Gasteiger partial charge in [-0.05, 0) is 29.8 Å². The highest BCUT2D eigenvalue weighted by atomic mass is 32.2. The third kappa shape index (κ3) is 3.99. The number of sulfonamides is 1. The number of anilines is 1. The summed E-state index contributed by atoms with van der Waals surface area (Å²) in [5.41, 5.74) is 0.680. The summed E-state index contributed by atoms with van der Waals surface area (Å²) in [4.78, 5) is 5.44. The van der Waals surface area contributed by atoms with Crippen LogP contribution in [-0.4, -0.2) is 27.5 Å². The maximum Gasteiger partial charge on any atom is 0.241 e. The summed E-state index contributed by atoms with van der Waals surface area (Å²) in [5, 5.41) is 0. The summed E-state index contributed by atoms with van der Waals surface area (Å²) >= 11 is 0. The molecule has 1 aromatic heterocycles. The fraction of sp³-hybridized carbons (Fsp3) is 0.214. The lowest BCUT2D eigenvalue weighted by atomic mass is 10.2. The van der Waals surface area contributed by atoms with Gasteiger partial charge in [0.05, 0.1) is 4.90 Å². The molecule has 0 radical (unpaired) electrons. The molecule has 5 nitrogen and oxygen atoms in total. The van der Waals surface area contributed by atoms with E-state index in [9.17, 15) is 17.2 Å². The van der Waals surface area contributed by atoms with Crippen molar-refractivity contribution in [3.8, 4) is 0 Å². The van der Waals surface area contributed by atoms with Crippen molar-refractivity contribution < 1.29 is 17.2 Å².